The molecule has 3 N–H and O–H groups in total. The number of nitrogens with zero attached hydrogens (tertiary/aromatic N) is 1. The number of rotatable bonds is 3. The summed E-state index contributed by atoms with van der Waals surface area (Å²) in [5.41, 5.74) is 6.08. The number of nitrogens with two attached hydrogens (primary N) is 1. The van der Waals surface area contributed by atoms with E-state index in [4.69, 9.17) is 5.73 Å². The molecule has 0 radical (unpaired) electrons. The van der Waals surface area contributed by atoms with Gasteiger partial charge in [0.05, 0.1) is 4.92 Å². The summed E-state index contributed by atoms with van der Waals surface area (Å²) in [4.78, 5) is 10.1. The van der Waals surface area contributed by atoms with Crippen molar-refractivity contribution in [2.45, 2.75) is 18.9 Å². The average molecular weight is 287 g/mol. The summed E-state index contributed by atoms with van der Waals surface area (Å²) in [5.74, 6) is 0.0207. The van der Waals surface area contributed by atoms with Crippen LogP contribution in [-0.2, 0) is 0 Å². The Labute approximate surface area is 101 Å². The lowest BCUT2D eigenvalue weighted by Gasteiger charge is -2.13. The Bertz CT molecular complexity index is 446. The van der Waals surface area contributed by atoms with E-state index < -0.39 is 4.92 Å². The van der Waals surface area contributed by atoms with Gasteiger partial charge in [0, 0.05) is 22.1 Å². The van der Waals surface area contributed by atoms with Gasteiger partial charge in [0.2, 0.25) is 0 Å². The molecule has 1 fully saturated rings. The summed E-state index contributed by atoms with van der Waals surface area (Å²) in [6.07, 6.45) is 2.03. The monoisotopic (exact) mass is 286 g/mol. The molecule has 1 atom stereocenters. The molecule has 16 heavy (non-hydrogen) atoms. The van der Waals surface area contributed by atoms with Gasteiger partial charge in [-0.1, -0.05) is 15.9 Å². The van der Waals surface area contributed by atoms with E-state index in [9.17, 15) is 15.2 Å². The molecular formula is C10H11BrN2O3. The first-order valence-electron chi connectivity index (χ1n) is 4.93. The van der Waals surface area contributed by atoms with Crippen molar-refractivity contribution in [2.75, 3.05) is 0 Å². The summed E-state index contributed by atoms with van der Waals surface area (Å²) < 4.78 is 0.558. The largest absolute Gasteiger partial charge is 0.502 e. The normalized spacial score (nSPS) is 17.1. The van der Waals surface area contributed by atoms with Gasteiger partial charge in [-0.25, -0.2) is 0 Å². The van der Waals surface area contributed by atoms with Crippen LogP contribution in [0.4, 0.5) is 5.69 Å². The first-order chi connectivity index (χ1) is 7.50. The number of nitro groups is 1. The highest BCUT2D eigenvalue weighted by molar-refractivity contribution is 9.10. The Morgan fingerprint density at radius 3 is 2.69 bits per heavy atom. The van der Waals surface area contributed by atoms with Crippen molar-refractivity contribution < 1.29 is 10.0 Å². The Morgan fingerprint density at radius 1 is 1.56 bits per heavy atom. The molecule has 86 valence electrons. The van der Waals surface area contributed by atoms with Crippen molar-refractivity contribution in [1.82, 2.24) is 0 Å². The van der Waals surface area contributed by atoms with Crippen LogP contribution in [0, 0.1) is 16.0 Å². The molecule has 1 saturated carbocycles. The number of halogens is 1. The maximum absolute atomic E-state index is 10.7. The van der Waals surface area contributed by atoms with E-state index >= 15 is 0 Å². The van der Waals surface area contributed by atoms with Crippen LogP contribution in [0.1, 0.15) is 24.4 Å². The van der Waals surface area contributed by atoms with Crippen LogP contribution in [-0.4, -0.2) is 10.0 Å². The zero-order chi connectivity index (χ0) is 11.9. The molecule has 0 bridgehead atoms. The van der Waals surface area contributed by atoms with Crippen LogP contribution in [0.15, 0.2) is 16.6 Å². The van der Waals surface area contributed by atoms with E-state index in [-0.39, 0.29) is 17.5 Å². The minimum absolute atomic E-state index is 0.305. The molecule has 1 aromatic rings. The predicted octanol–water partition coefficient (Wildman–Crippen LogP) is 2.47. The second-order valence-electron chi connectivity index (χ2n) is 3.98. The maximum Gasteiger partial charge on any atom is 0.312 e. The van der Waals surface area contributed by atoms with Crippen molar-refractivity contribution >= 4 is 21.6 Å². The second-order valence-corrected chi connectivity index (χ2v) is 4.90. The molecule has 2 rings (SSSR count). The number of hydrogen-bond acceptors (Lipinski definition) is 4. The standard InChI is InChI=1S/C10H11BrN2O3/c11-6-3-7(9(12)5-1-2-5)10(14)8(4-6)13(15)16/h3-5,9,14H,1-2,12H2/t9-/m0/s1. The highest BCUT2D eigenvalue weighted by Gasteiger charge is 2.33. The third-order valence-corrected chi connectivity index (χ3v) is 3.23. The van der Waals surface area contributed by atoms with Crippen LogP contribution in [0.5, 0.6) is 5.75 Å². The maximum atomic E-state index is 10.7. The summed E-state index contributed by atoms with van der Waals surface area (Å²) in [5, 5.41) is 20.5. The van der Waals surface area contributed by atoms with E-state index in [1.54, 1.807) is 6.07 Å². The molecule has 6 heteroatoms. The number of phenolic OH excluding ortho intramolecular Hbond substituents is 1. The molecule has 1 aromatic carbocycles. The summed E-state index contributed by atoms with van der Waals surface area (Å²) >= 11 is 3.18. The fourth-order valence-corrected chi connectivity index (χ4v) is 2.17. The van der Waals surface area contributed by atoms with Crippen LogP contribution in [0.2, 0.25) is 0 Å². The fraction of sp³-hybridized carbons (Fsp3) is 0.400. The van der Waals surface area contributed by atoms with Gasteiger partial charge in [-0.05, 0) is 24.8 Å². The number of benzene rings is 1. The van der Waals surface area contributed by atoms with Crippen LogP contribution < -0.4 is 5.73 Å². The SMILES string of the molecule is N[C@H](c1cc(Br)cc([N+](=O)[O-])c1O)C1CC1. The highest BCUT2D eigenvalue weighted by atomic mass is 79.9. The third-order valence-electron chi connectivity index (χ3n) is 2.77. The molecule has 1 aliphatic rings. The summed E-state index contributed by atoms with van der Waals surface area (Å²) in [6.45, 7) is 0. The van der Waals surface area contributed by atoms with Gasteiger partial charge in [0.15, 0.2) is 5.75 Å². The van der Waals surface area contributed by atoms with Crippen LogP contribution >= 0.6 is 15.9 Å². The third kappa shape index (κ3) is 2.03. The van der Waals surface area contributed by atoms with Crippen molar-refractivity contribution in [3.05, 3.63) is 32.3 Å². The molecule has 1 aliphatic carbocycles. The first-order valence-corrected chi connectivity index (χ1v) is 5.72. The second kappa shape index (κ2) is 4.03. The lowest BCUT2D eigenvalue weighted by molar-refractivity contribution is -0.386. The van der Waals surface area contributed by atoms with E-state index in [1.165, 1.54) is 6.07 Å². The smallest absolute Gasteiger partial charge is 0.312 e. The molecule has 0 amide bonds. The van der Waals surface area contributed by atoms with Crippen molar-refractivity contribution in [3.8, 4) is 5.75 Å². The molecule has 0 aliphatic heterocycles. The highest BCUT2D eigenvalue weighted by Crippen LogP contribution is 2.45. The van der Waals surface area contributed by atoms with Gasteiger partial charge < -0.3 is 10.8 Å². The van der Waals surface area contributed by atoms with Crippen molar-refractivity contribution in [1.29, 1.82) is 0 Å². The Hall–Kier alpha value is -1.14. The minimum atomic E-state index is -0.608. The predicted molar refractivity (Wildman–Crippen MR) is 62.1 cm³/mol. The Balaban J connectivity index is 2.47. The quantitative estimate of drug-likeness (QED) is 0.660. The lowest BCUT2D eigenvalue weighted by Crippen LogP contribution is -2.13. The van der Waals surface area contributed by atoms with Crippen molar-refractivity contribution in [3.63, 3.8) is 0 Å². The minimum Gasteiger partial charge on any atom is -0.502 e. The molecule has 0 unspecified atom stereocenters. The van der Waals surface area contributed by atoms with E-state index in [0.717, 1.165) is 12.8 Å². The molecule has 0 heterocycles. The molecule has 0 saturated heterocycles. The number of nitro benzene ring substituents is 1. The number of phenols is 1. The van der Waals surface area contributed by atoms with E-state index in [2.05, 4.69) is 15.9 Å². The van der Waals surface area contributed by atoms with Gasteiger partial charge in [-0.3, -0.25) is 10.1 Å². The first kappa shape index (κ1) is 11.3. The van der Waals surface area contributed by atoms with Gasteiger partial charge in [-0.2, -0.15) is 0 Å². The zero-order valence-corrected chi connectivity index (χ0v) is 9.98. The van der Waals surface area contributed by atoms with Crippen LogP contribution in [0.3, 0.4) is 0 Å². The van der Waals surface area contributed by atoms with Gasteiger partial charge in [0.25, 0.3) is 0 Å². The summed E-state index contributed by atoms with van der Waals surface area (Å²) in [6, 6.07) is 2.60. The van der Waals surface area contributed by atoms with Gasteiger partial charge in [-0.15, -0.1) is 0 Å². The zero-order valence-electron chi connectivity index (χ0n) is 8.39. The lowest BCUT2D eigenvalue weighted by atomic mass is 10.0. The Morgan fingerprint density at radius 2 is 2.19 bits per heavy atom. The topological polar surface area (TPSA) is 89.4 Å². The molecule has 0 spiro atoms. The molecule has 5 nitrogen and oxygen atoms in total. The Kier molecular flexibility index (Phi) is 2.86. The van der Waals surface area contributed by atoms with Crippen molar-refractivity contribution in [2.24, 2.45) is 11.7 Å². The van der Waals surface area contributed by atoms with Gasteiger partial charge in [0.1, 0.15) is 0 Å². The van der Waals surface area contributed by atoms with Crippen LogP contribution in [0.25, 0.3) is 0 Å². The molecular weight excluding hydrogens is 276 g/mol. The fourth-order valence-electron chi connectivity index (χ4n) is 1.71. The van der Waals surface area contributed by atoms with E-state index in [0.29, 0.717) is 16.0 Å². The van der Waals surface area contributed by atoms with E-state index in [1.807, 2.05) is 0 Å². The number of hydrogen-bond donors (Lipinski definition) is 2. The average Bonchev–Trinajstić information content (AvgIpc) is 3.03. The number of aromatic hydroxyl groups is 1. The van der Waals surface area contributed by atoms with Gasteiger partial charge >= 0.3 is 5.69 Å². The summed E-state index contributed by atoms with van der Waals surface area (Å²) in [7, 11) is 0. The molecule has 0 aromatic heterocycles.